The summed E-state index contributed by atoms with van der Waals surface area (Å²) < 4.78 is 0. The van der Waals surface area contributed by atoms with Gasteiger partial charge in [-0.2, -0.15) is 0 Å². The minimum Gasteiger partial charge on any atom is -0.351 e. The van der Waals surface area contributed by atoms with Crippen LogP contribution in [0.2, 0.25) is 0 Å². The number of benzene rings is 1. The van der Waals surface area contributed by atoms with E-state index >= 15 is 0 Å². The average Bonchev–Trinajstić information content (AvgIpc) is 2.97. The van der Waals surface area contributed by atoms with Crippen LogP contribution in [-0.2, 0) is 17.9 Å². The Bertz CT molecular complexity index is 453. The highest BCUT2D eigenvalue weighted by molar-refractivity contribution is 5.78. The Balaban J connectivity index is 1.77. The van der Waals surface area contributed by atoms with Crippen LogP contribution in [0.15, 0.2) is 24.3 Å². The first kappa shape index (κ1) is 16.0. The zero-order valence-corrected chi connectivity index (χ0v) is 13.2. The first-order valence-corrected chi connectivity index (χ1v) is 7.87. The highest BCUT2D eigenvalue weighted by atomic mass is 16.1. The van der Waals surface area contributed by atoms with Crippen molar-refractivity contribution in [3.05, 3.63) is 35.4 Å². The van der Waals surface area contributed by atoms with Gasteiger partial charge in [0, 0.05) is 19.1 Å². The Morgan fingerprint density at radius 3 is 2.52 bits per heavy atom. The molecule has 1 aliphatic rings. The molecule has 0 unspecified atom stereocenters. The van der Waals surface area contributed by atoms with Crippen LogP contribution in [0.1, 0.15) is 36.8 Å². The summed E-state index contributed by atoms with van der Waals surface area (Å²) in [5.41, 5.74) is 2.46. The Morgan fingerprint density at radius 1 is 1.19 bits per heavy atom. The molecule has 1 aromatic carbocycles. The molecule has 0 aliphatic heterocycles. The molecular weight excluding hydrogens is 262 g/mol. The molecule has 1 saturated carbocycles. The minimum absolute atomic E-state index is 0.0848. The summed E-state index contributed by atoms with van der Waals surface area (Å²) in [6, 6.07) is 8.82. The Morgan fingerprint density at radius 2 is 1.86 bits per heavy atom. The van der Waals surface area contributed by atoms with Gasteiger partial charge in [-0.15, -0.1) is 0 Å². The molecule has 2 rings (SSSR count). The maximum Gasteiger partial charge on any atom is 0.234 e. The normalized spacial score (nSPS) is 15.6. The number of nitrogens with one attached hydrogen (secondary N) is 2. The zero-order valence-electron chi connectivity index (χ0n) is 13.2. The van der Waals surface area contributed by atoms with Crippen molar-refractivity contribution in [1.29, 1.82) is 0 Å². The standard InChI is InChI=1S/C17H27N3O/c1-20(2)13-15-8-4-3-7-14(15)11-19-17(21)12-18-16-9-5-6-10-16/h3-4,7-8,16,18H,5-6,9-13H2,1-2H3,(H,19,21). The number of amides is 1. The van der Waals surface area contributed by atoms with Gasteiger partial charge < -0.3 is 15.5 Å². The fourth-order valence-electron chi connectivity index (χ4n) is 2.85. The molecule has 1 aromatic rings. The summed E-state index contributed by atoms with van der Waals surface area (Å²) in [5, 5.41) is 6.36. The van der Waals surface area contributed by atoms with Crippen molar-refractivity contribution in [2.45, 2.75) is 44.8 Å². The molecule has 116 valence electrons. The van der Waals surface area contributed by atoms with Crippen molar-refractivity contribution in [3.8, 4) is 0 Å². The van der Waals surface area contributed by atoms with Gasteiger partial charge in [0.15, 0.2) is 0 Å². The van der Waals surface area contributed by atoms with E-state index in [1.54, 1.807) is 0 Å². The first-order valence-electron chi connectivity index (χ1n) is 7.87. The van der Waals surface area contributed by atoms with Crippen LogP contribution in [0.5, 0.6) is 0 Å². The summed E-state index contributed by atoms with van der Waals surface area (Å²) in [6.45, 7) is 1.93. The number of nitrogens with zero attached hydrogens (tertiary/aromatic N) is 1. The molecule has 0 saturated heterocycles. The number of rotatable bonds is 7. The van der Waals surface area contributed by atoms with Crippen LogP contribution in [0, 0.1) is 0 Å². The van der Waals surface area contributed by atoms with E-state index in [4.69, 9.17) is 0 Å². The Hall–Kier alpha value is -1.39. The molecule has 4 nitrogen and oxygen atoms in total. The molecule has 1 fully saturated rings. The highest BCUT2D eigenvalue weighted by Gasteiger charge is 2.15. The topological polar surface area (TPSA) is 44.4 Å². The van der Waals surface area contributed by atoms with E-state index in [0.717, 1.165) is 6.54 Å². The molecule has 0 heterocycles. The van der Waals surface area contributed by atoms with Crippen molar-refractivity contribution >= 4 is 5.91 Å². The van der Waals surface area contributed by atoms with Crippen molar-refractivity contribution in [1.82, 2.24) is 15.5 Å². The molecule has 21 heavy (non-hydrogen) atoms. The molecule has 0 bridgehead atoms. The number of carbonyl (C=O) groups is 1. The van der Waals surface area contributed by atoms with Gasteiger partial charge in [-0.1, -0.05) is 37.1 Å². The minimum atomic E-state index is 0.0848. The van der Waals surface area contributed by atoms with Gasteiger partial charge in [-0.25, -0.2) is 0 Å². The summed E-state index contributed by atoms with van der Waals surface area (Å²) in [6.07, 6.45) is 4.99. The largest absolute Gasteiger partial charge is 0.351 e. The summed E-state index contributed by atoms with van der Waals surface area (Å²) in [4.78, 5) is 14.1. The van der Waals surface area contributed by atoms with Crippen LogP contribution in [0.25, 0.3) is 0 Å². The summed E-state index contributed by atoms with van der Waals surface area (Å²) in [7, 11) is 4.11. The van der Waals surface area contributed by atoms with Gasteiger partial charge in [0.25, 0.3) is 0 Å². The van der Waals surface area contributed by atoms with Crippen LogP contribution >= 0.6 is 0 Å². The first-order chi connectivity index (χ1) is 10.1. The lowest BCUT2D eigenvalue weighted by atomic mass is 10.1. The third kappa shape index (κ3) is 5.48. The fraction of sp³-hybridized carbons (Fsp3) is 0.588. The quantitative estimate of drug-likeness (QED) is 0.806. The number of carbonyl (C=O) groups excluding carboxylic acids is 1. The second-order valence-electron chi connectivity index (χ2n) is 6.15. The maximum absolute atomic E-state index is 11.9. The van der Waals surface area contributed by atoms with E-state index < -0.39 is 0 Å². The van der Waals surface area contributed by atoms with Crippen LogP contribution in [0.4, 0.5) is 0 Å². The molecular formula is C17H27N3O. The molecule has 1 aliphatic carbocycles. The van der Waals surface area contributed by atoms with Crippen molar-refractivity contribution < 1.29 is 4.79 Å². The van der Waals surface area contributed by atoms with Crippen LogP contribution in [0.3, 0.4) is 0 Å². The second kappa shape index (κ2) is 8.15. The van der Waals surface area contributed by atoms with E-state index in [-0.39, 0.29) is 5.91 Å². The molecule has 0 aromatic heterocycles. The van der Waals surface area contributed by atoms with E-state index in [1.165, 1.54) is 36.8 Å². The highest BCUT2D eigenvalue weighted by Crippen LogP contribution is 2.17. The lowest BCUT2D eigenvalue weighted by Gasteiger charge is -2.15. The smallest absolute Gasteiger partial charge is 0.234 e. The molecule has 2 N–H and O–H groups in total. The molecule has 0 spiro atoms. The lowest BCUT2D eigenvalue weighted by Crippen LogP contribution is -2.37. The average molecular weight is 289 g/mol. The third-order valence-electron chi connectivity index (χ3n) is 3.99. The van der Waals surface area contributed by atoms with Gasteiger partial charge in [0.2, 0.25) is 5.91 Å². The van der Waals surface area contributed by atoms with Crippen molar-refractivity contribution in [3.63, 3.8) is 0 Å². The van der Waals surface area contributed by atoms with Gasteiger partial charge in [0.1, 0.15) is 0 Å². The van der Waals surface area contributed by atoms with Crippen LogP contribution in [-0.4, -0.2) is 37.5 Å². The maximum atomic E-state index is 11.9. The monoisotopic (exact) mass is 289 g/mol. The van der Waals surface area contributed by atoms with Crippen LogP contribution < -0.4 is 10.6 Å². The van der Waals surface area contributed by atoms with E-state index in [0.29, 0.717) is 19.1 Å². The van der Waals surface area contributed by atoms with Gasteiger partial charge in [-0.05, 0) is 38.1 Å². The molecule has 1 amide bonds. The molecule has 0 radical (unpaired) electrons. The predicted octanol–water partition coefficient (Wildman–Crippen LogP) is 1.90. The number of hydrogen-bond donors (Lipinski definition) is 2. The fourth-order valence-corrected chi connectivity index (χ4v) is 2.85. The molecule has 4 heteroatoms. The van der Waals surface area contributed by atoms with E-state index in [1.807, 2.05) is 12.1 Å². The van der Waals surface area contributed by atoms with Crippen molar-refractivity contribution in [2.24, 2.45) is 0 Å². The van der Waals surface area contributed by atoms with Gasteiger partial charge in [-0.3, -0.25) is 4.79 Å². The van der Waals surface area contributed by atoms with E-state index in [2.05, 4.69) is 41.8 Å². The Kier molecular flexibility index (Phi) is 6.21. The predicted molar refractivity (Wildman–Crippen MR) is 85.9 cm³/mol. The zero-order chi connectivity index (χ0) is 15.1. The third-order valence-corrected chi connectivity index (χ3v) is 3.99. The van der Waals surface area contributed by atoms with Gasteiger partial charge in [0.05, 0.1) is 6.54 Å². The van der Waals surface area contributed by atoms with Crippen molar-refractivity contribution in [2.75, 3.05) is 20.6 Å². The lowest BCUT2D eigenvalue weighted by molar-refractivity contribution is -0.120. The number of hydrogen-bond acceptors (Lipinski definition) is 3. The summed E-state index contributed by atoms with van der Waals surface area (Å²) in [5.74, 6) is 0.0848. The van der Waals surface area contributed by atoms with E-state index in [9.17, 15) is 4.79 Å². The second-order valence-corrected chi connectivity index (χ2v) is 6.15. The molecule has 0 atom stereocenters. The summed E-state index contributed by atoms with van der Waals surface area (Å²) >= 11 is 0. The van der Waals surface area contributed by atoms with Gasteiger partial charge >= 0.3 is 0 Å². The Labute approximate surface area is 127 Å². The SMILES string of the molecule is CN(C)Cc1ccccc1CNC(=O)CNC1CCCC1.